The van der Waals surface area contributed by atoms with Gasteiger partial charge in [0.15, 0.2) is 0 Å². The maximum atomic E-state index is 12.1. The highest BCUT2D eigenvalue weighted by atomic mass is 16.6. The van der Waals surface area contributed by atoms with Crippen LogP contribution in [-0.2, 0) is 11.3 Å². The number of fused-ring (bicyclic) bond motifs is 2. The van der Waals surface area contributed by atoms with Gasteiger partial charge in [-0.15, -0.1) is 0 Å². The van der Waals surface area contributed by atoms with Crippen LogP contribution in [0.4, 0.5) is 4.79 Å². The first-order chi connectivity index (χ1) is 10.1. The minimum atomic E-state index is -0.724. The molecular weight excluding hydrogens is 270 g/mol. The smallest absolute Gasteiger partial charge is 0.410 e. The summed E-state index contributed by atoms with van der Waals surface area (Å²) in [6.07, 6.45) is -0.223. The van der Waals surface area contributed by atoms with Gasteiger partial charge in [-0.3, -0.25) is 0 Å². The second-order valence-electron chi connectivity index (χ2n) is 6.09. The SMILES string of the molecule is CN(C(=O)OCc1ccccc1)[C@@H]1C[C@H]2C[C@@H]1[C@H](O)[C@@H]2O. The number of hydrogen-bond donors (Lipinski definition) is 2. The van der Waals surface area contributed by atoms with Crippen LogP contribution >= 0.6 is 0 Å². The van der Waals surface area contributed by atoms with E-state index >= 15 is 0 Å². The van der Waals surface area contributed by atoms with Gasteiger partial charge in [0.2, 0.25) is 0 Å². The first-order valence-electron chi connectivity index (χ1n) is 7.37. The van der Waals surface area contributed by atoms with Crippen LogP contribution in [0.15, 0.2) is 30.3 Å². The van der Waals surface area contributed by atoms with E-state index in [0.29, 0.717) is 0 Å². The van der Waals surface area contributed by atoms with Crippen LogP contribution in [-0.4, -0.2) is 46.5 Å². The maximum Gasteiger partial charge on any atom is 0.410 e. The van der Waals surface area contributed by atoms with Crippen molar-refractivity contribution < 1.29 is 19.7 Å². The largest absolute Gasteiger partial charge is 0.445 e. The molecule has 5 heteroatoms. The van der Waals surface area contributed by atoms with E-state index in [0.717, 1.165) is 18.4 Å². The summed E-state index contributed by atoms with van der Waals surface area (Å²) < 4.78 is 5.31. The molecule has 2 fully saturated rings. The van der Waals surface area contributed by atoms with Crippen LogP contribution in [0.25, 0.3) is 0 Å². The molecule has 5 nitrogen and oxygen atoms in total. The molecule has 5 atom stereocenters. The van der Waals surface area contributed by atoms with Crippen LogP contribution in [0.2, 0.25) is 0 Å². The third kappa shape index (κ3) is 2.63. The topological polar surface area (TPSA) is 70.0 Å². The molecule has 0 unspecified atom stereocenters. The molecule has 1 aromatic rings. The molecule has 0 aromatic heterocycles. The van der Waals surface area contributed by atoms with Crippen molar-refractivity contribution in [2.24, 2.45) is 11.8 Å². The minimum Gasteiger partial charge on any atom is -0.445 e. The van der Waals surface area contributed by atoms with Crippen molar-refractivity contribution in [2.75, 3.05) is 7.05 Å². The molecule has 1 aromatic carbocycles. The van der Waals surface area contributed by atoms with Crippen molar-refractivity contribution in [3.05, 3.63) is 35.9 Å². The van der Waals surface area contributed by atoms with Crippen LogP contribution in [0, 0.1) is 11.8 Å². The summed E-state index contributed by atoms with van der Waals surface area (Å²) >= 11 is 0. The van der Waals surface area contributed by atoms with Gasteiger partial charge in [-0.1, -0.05) is 30.3 Å². The van der Waals surface area contributed by atoms with Crippen LogP contribution in [0.5, 0.6) is 0 Å². The molecule has 2 aliphatic rings. The zero-order valence-corrected chi connectivity index (χ0v) is 12.1. The Morgan fingerprint density at radius 1 is 1.24 bits per heavy atom. The van der Waals surface area contributed by atoms with Gasteiger partial charge in [-0.2, -0.15) is 0 Å². The second-order valence-corrected chi connectivity index (χ2v) is 6.09. The highest BCUT2D eigenvalue weighted by molar-refractivity contribution is 5.67. The lowest BCUT2D eigenvalue weighted by Crippen LogP contribution is -2.48. The molecule has 2 N–H and O–H groups in total. The van der Waals surface area contributed by atoms with Crippen LogP contribution in [0.1, 0.15) is 18.4 Å². The number of benzene rings is 1. The quantitative estimate of drug-likeness (QED) is 0.883. The van der Waals surface area contributed by atoms with Crippen molar-refractivity contribution >= 4 is 6.09 Å². The van der Waals surface area contributed by atoms with Crippen LogP contribution < -0.4 is 0 Å². The van der Waals surface area contributed by atoms with Gasteiger partial charge in [0.25, 0.3) is 0 Å². The summed E-state index contributed by atoms with van der Waals surface area (Å²) in [5.74, 6) is 0.0543. The fraction of sp³-hybridized carbons (Fsp3) is 0.562. The Morgan fingerprint density at radius 2 is 1.95 bits per heavy atom. The molecule has 2 aliphatic carbocycles. The molecular formula is C16H21NO4. The van der Waals surface area contributed by atoms with Gasteiger partial charge in [0, 0.05) is 19.0 Å². The van der Waals surface area contributed by atoms with Crippen molar-refractivity contribution in [3.8, 4) is 0 Å². The standard InChI is InChI=1S/C16H21NO4/c1-17(13-8-11-7-12(13)15(19)14(11)18)16(20)21-9-10-5-3-2-4-6-10/h2-6,11-15,18-19H,7-9H2,1H3/t11-,12+,13-,14-,15+/m1/s1. The molecule has 2 saturated carbocycles. The first-order valence-corrected chi connectivity index (χ1v) is 7.37. The van der Waals surface area contributed by atoms with E-state index in [1.807, 2.05) is 30.3 Å². The molecule has 114 valence electrons. The van der Waals surface area contributed by atoms with Gasteiger partial charge in [0.1, 0.15) is 6.61 Å². The fourth-order valence-electron chi connectivity index (χ4n) is 3.67. The number of hydrogen-bond acceptors (Lipinski definition) is 4. The predicted molar refractivity (Wildman–Crippen MR) is 76.4 cm³/mol. The number of ether oxygens (including phenoxy) is 1. The van der Waals surface area contributed by atoms with E-state index in [9.17, 15) is 15.0 Å². The molecule has 0 saturated heterocycles. The Morgan fingerprint density at radius 3 is 2.57 bits per heavy atom. The Bertz CT molecular complexity index is 504. The molecule has 0 radical (unpaired) electrons. The van der Waals surface area contributed by atoms with Crippen molar-refractivity contribution in [1.82, 2.24) is 4.90 Å². The monoisotopic (exact) mass is 291 g/mol. The average Bonchev–Trinajstić information content (AvgIpc) is 3.06. The molecule has 1 amide bonds. The van der Waals surface area contributed by atoms with Crippen molar-refractivity contribution in [3.63, 3.8) is 0 Å². The average molecular weight is 291 g/mol. The number of amides is 1. The predicted octanol–water partition coefficient (Wildman–Crippen LogP) is 1.39. The van der Waals surface area contributed by atoms with E-state index in [-0.39, 0.29) is 30.6 Å². The van der Waals surface area contributed by atoms with E-state index in [2.05, 4.69) is 0 Å². The third-order valence-electron chi connectivity index (χ3n) is 4.88. The van der Waals surface area contributed by atoms with Gasteiger partial charge in [-0.25, -0.2) is 4.79 Å². The Hall–Kier alpha value is -1.59. The number of rotatable bonds is 3. The van der Waals surface area contributed by atoms with E-state index in [1.54, 1.807) is 11.9 Å². The lowest BCUT2D eigenvalue weighted by atomic mass is 9.90. The summed E-state index contributed by atoms with van der Waals surface area (Å²) in [5.41, 5.74) is 0.947. The summed E-state index contributed by atoms with van der Waals surface area (Å²) in [6.45, 7) is 0.246. The number of aliphatic hydroxyl groups excluding tert-OH is 2. The molecule has 0 heterocycles. The van der Waals surface area contributed by atoms with Gasteiger partial charge in [0.05, 0.1) is 12.2 Å². The molecule has 21 heavy (non-hydrogen) atoms. The van der Waals surface area contributed by atoms with Crippen molar-refractivity contribution in [1.29, 1.82) is 0 Å². The second kappa shape index (κ2) is 5.66. The summed E-state index contributed by atoms with van der Waals surface area (Å²) in [6, 6.07) is 9.49. The Balaban J connectivity index is 1.56. The summed E-state index contributed by atoms with van der Waals surface area (Å²) in [4.78, 5) is 13.7. The molecule has 3 rings (SSSR count). The number of carbonyl (C=O) groups is 1. The highest BCUT2D eigenvalue weighted by Crippen LogP contribution is 2.46. The highest BCUT2D eigenvalue weighted by Gasteiger charge is 2.53. The third-order valence-corrected chi connectivity index (χ3v) is 4.88. The molecule has 2 bridgehead atoms. The maximum absolute atomic E-state index is 12.1. The lowest BCUT2D eigenvalue weighted by molar-refractivity contribution is -0.0416. The van der Waals surface area contributed by atoms with E-state index in [4.69, 9.17) is 4.74 Å². The number of aliphatic hydroxyl groups is 2. The van der Waals surface area contributed by atoms with Crippen molar-refractivity contribution in [2.45, 2.75) is 37.7 Å². The van der Waals surface area contributed by atoms with Gasteiger partial charge in [-0.05, 0) is 24.3 Å². The first kappa shape index (κ1) is 14.4. The Kier molecular flexibility index (Phi) is 3.87. The summed E-state index contributed by atoms with van der Waals surface area (Å²) in [5, 5.41) is 19.8. The molecule has 0 spiro atoms. The lowest BCUT2D eigenvalue weighted by Gasteiger charge is -2.35. The molecule has 0 aliphatic heterocycles. The van der Waals surface area contributed by atoms with Gasteiger partial charge < -0.3 is 19.8 Å². The van der Waals surface area contributed by atoms with Gasteiger partial charge >= 0.3 is 6.09 Å². The minimum absolute atomic E-state index is 0.0423. The van der Waals surface area contributed by atoms with E-state index in [1.165, 1.54) is 0 Å². The number of nitrogens with zero attached hydrogens (tertiary/aromatic N) is 1. The Labute approximate surface area is 124 Å². The zero-order valence-electron chi connectivity index (χ0n) is 12.1. The fourth-order valence-corrected chi connectivity index (χ4v) is 3.67. The number of carbonyl (C=O) groups excluding carboxylic acids is 1. The normalized spacial score (nSPS) is 34.0. The zero-order chi connectivity index (χ0) is 15.0. The summed E-state index contributed by atoms with van der Waals surface area (Å²) in [7, 11) is 1.71. The van der Waals surface area contributed by atoms with E-state index < -0.39 is 12.2 Å². The van der Waals surface area contributed by atoms with Crippen LogP contribution in [0.3, 0.4) is 0 Å².